The molecule has 1 aliphatic heterocycles. The minimum atomic E-state index is -3.38. The van der Waals surface area contributed by atoms with Gasteiger partial charge in [0.1, 0.15) is 12.2 Å². The predicted octanol–water partition coefficient (Wildman–Crippen LogP) is 3.71. The molecule has 1 fully saturated rings. The molecule has 35 heavy (non-hydrogen) atoms. The van der Waals surface area contributed by atoms with E-state index in [1.165, 1.54) is 10.5 Å². The van der Waals surface area contributed by atoms with Crippen LogP contribution in [0.25, 0.3) is 11.2 Å². The number of nitrogens with zero attached hydrogens (tertiary/aromatic N) is 4. The van der Waals surface area contributed by atoms with Gasteiger partial charge in [-0.05, 0) is 30.4 Å². The number of nitrogens with one attached hydrogen (secondary N) is 2. The van der Waals surface area contributed by atoms with E-state index in [-0.39, 0.29) is 23.8 Å². The number of sulfonamides is 1. The molecule has 2 aromatic rings. The summed E-state index contributed by atoms with van der Waals surface area (Å²) in [6.07, 6.45) is 4.81. The molecule has 1 aliphatic rings. The Morgan fingerprint density at radius 3 is 2.71 bits per heavy atom. The SMILES string of the molecule is CC(C)(C)CS(=O)(=O)N1CCC[C@H](NC(=O)Nc2cnc3c(ccn3COCC[Si](C)(C)C)n2)C1. The number of carbonyl (C=O) groups is 1. The molecule has 0 radical (unpaired) electrons. The Morgan fingerprint density at radius 1 is 1.29 bits per heavy atom. The number of hydrogen-bond acceptors (Lipinski definition) is 6. The number of fused-ring (bicyclic) bond motifs is 1. The van der Waals surface area contributed by atoms with Gasteiger partial charge < -0.3 is 14.6 Å². The number of urea groups is 1. The smallest absolute Gasteiger partial charge is 0.320 e. The van der Waals surface area contributed by atoms with E-state index in [9.17, 15) is 13.2 Å². The molecule has 3 heterocycles. The van der Waals surface area contributed by atoms with Crippen molar-refractivity contribution in [3.8, 4) is 0 Å². The first-order chi connectivity index (χ1) is 16.2. The molecule has 196 valence electrons. The number of hydrogen-bond donors (Lipinski definition) is 2. The Morgan fingerprint density at radius 2 is 2.03 bits per heavy atom. The quantitative estimate of drug-likeness (QED) is 0.381. The highest BCUT2D eigenvalue weighted by Crippen LogP contribution is 2.22. The number of anilines is 1. The number of rotatable bonds is 9. The van der Waals surface area contributed by atoms with Gasteiger partial charge in [0.05, 0.1) is 11.9 Å². The van der Waals surface area contributed by atoms with Crippen LogP contribution >= 0.6 is 0 Å². The summed E-state index contributed by atoms with van der Waals surface area (Å²) in [6, 6.07) is 2.26. The molecule has 0 saturated carbocycles. The van der Waals surface area contributed by atoms with Crippen LogP contribution in [-0.4, -0.2) is 72.9 Å². The summed E-state index contributed by atoms with van der Waals surface area (Å²) in [5, 5.41) is 5.61. The average Bonchev–Trinajstić information content (AvgIpc) is 3.11. The summed E-state index contributed by atoms with van der Waals surface area (Å²) >= 11 is 0. The first kappa shape index (κ1) is 27.6. The van der Waals surface area contributed by atoms with Gasteiger partial charge >= 0.3 is 6.03 Å². The van der Waals surface area contributed by atoms with E-state index < -0.39 is 24.1 Å². The van der Waals surface area contributed by atoms with E-state index in [2.05, 4.69) is 40.2 Å². The first-order valence-electron chi connectivity index (χ1n) is 12.2. The summed E-state index contributed by atoms with van der Waals surface area (Å²) in [7, 11) is -4.51. The first-order valence-corrected chi connectivity index (χ1v) is 17.5. The Hall–Kier alpha value is -2.02. The largest absolute Gasteiger partial charge is 0.361 e. The van der Waals surface area contributed by atoms with E-state index in [1.807, 2.05) is 37.6 Å². The van der Waals surface area contributed by atoms with Gasteiger partial charge in [-0.15, -0.1) is 0 Å². The molecule has 3 rings (SSSR count). The highest BCUT2D eigenvalue weighted by molar-refractivity contribution is 7.89. The summed E-state index contributed by atoms with van der Waals surface area (Å²) in [5.74, 6) is 0.415. The van der Waals surface area contributed by atoms with Crippen molar-refractivity contribution >= 4 is 41.1 Å². The monoisotopic (exact) mass is 524 g/mol. The van der Waals surface area contributed by atoms with Crippen LogP contribution in [0.5, 0.6) is 0 Å². The van der Waals surface area contributed by atoms with Crippen molar-refractivity contribution in [2.45, 2.75) is 72.1 Å². The van der Waals surface area contributed by atoms with E-state index in [4.69, 9.17) is 4.74 Å². The van der Waals surface area contributed by atoms with E-state index in [0.29, 0.717) is 36.7 Å². The Balaban J connectivity index is 1.54. The molecule has 1 saturated heterocycles. The van der Waals surface area contributed by atoms with Crippen LogP contribution in [0.1, 0.15) is 33.6 Å². The fourth-order valence-electron chi connectivity index (χ4n) is 3.96. The van der Waals surface area contributed by atoms with Gasteiger partial charge in [0.2, 0.25) is 10.0 Å². The third kappa shape index (κ3) is 8.55. The lowest BCUT2D eigenvalue weighted by atomic mass is 10.0. The minimum Gasteiger partial charge on any atom is -0.361 e. The summed E-state index contributed by atoms with van der Waals surface area (Å²) in [6.45, 7) is 14.6. The fraction of sp³-hybridized carbons (Fsp3) is 0.696. The van der Waals surface area contributed by atoms with Crippen molar-refractivity contribution in [1.82, 2.24) is 24.2 Å². The molecule has 2 N–H and O–H groups in total. The Labute approximate surface area is 209 Å². The maximum atomic E-state index is 12.7. The standard InChI is InChI=1S/C23H40N6O4SSi/c1-23(2,3)16-34(31,32)29-10-7-8-18(15-29)25-22(30)27-20-14-24-21-19(26-20)9-11-28(21)17-33-12-13-35(4,5)6/h9,11,14,18H,7-8,10,12-13,15-17H2,1-6H3,(H2,25,26,27,30)/t18-/m0/s1. The molecule has 0 spiro atoms. The van der Waals surface area contributed by atoms with E-state index in [1.54, 1.807) is 0 Å². The molecule has 0 aromatic carbocycles. The normalized spacial score (nSPS) is 18.1. The molecule has 2 amide bonds. The second kappa shape index (κ2) is 10.9. The van der Waals surface area contributed by atoms with Crippen LogP contribution in [0.2, 0.25) is 25.7 Å². The Kier molecular flexibility index (Phi) is 8.61. The van der Waals surface area contributed by atoms with Crippen molar-refractivity contribution < 1.29 is 17.9 Å². The molecular weight excluding hydrogens is 484 g/mol. The van der Waals surface area contributed by atoms with Gasteiger partial charge in [0.15, 0.2) is 11.5 Å². The molecule has 12 heteroatoms. The molecule has 0 bridgehead atoms. The van der Waals surface area contributed by atoms with E-state index in [0.717, 1.165) is 19.1 Å². The van der Waals surface area contributed by atoms with Gasteiger partial charge in [-0.3, -0.25) is 5.32 Å². The van der Waals surface area contributed by atoms with Crippen molar-refractivity contribution in [1.29, 1.82) is 0 Å². The number of aromatic nitrogens is 3. The number of carbonyl (C=O) groups excluding carboxylic acids is 1. The van der Waals surface area contributed by atoms with E-state index >= 15 is 0 Å². The lowest BCUT2D eigenvalue weighted by Gasteiger charge is -2.34. The highest BCUT2D eigenvalue weighted by atomic mass is 32.2. The topological polar surface area (TPSA) is 118 Å². The molecule has 2 aromatic heterocycles. The zero-order chi connectivity index (χ0) is 25.9. The highest BCUT2D eigenvalue weighted by Gasteiger charge is 2.32. The average molecular weight is 525 g/mol. The number of amides is 2. The minimum absolute atomic E-state index is 0.0809. The second-order valence-electron chi connectivity index (χ2n) is 11.7. The maximum Gasteiger partial charge on any atom is 0.320 e. The molecule has 10 nitrogen and oxygen atoms in total. The van der Waals surface area contributed by atoms with Crippen molar-refractivity contribution in [3.63, 3.8) is 0 Å². The van der Waals surface area contributed by atoms with Gasteiger partial charge in [-0.25, -0.2) is 23.2 Å². The van der Waals surface area contributed by atoms with Crippen LogP contribution in [0.15, 0.2) is 18.5 Å². The number of piperidine rings is 1. The van der Waals surface area contributed by atoms with Crippen molar-refractivity contribution in [3.05, 3.63) is 18.5 Å². The number of ether oxygens (including phenoxy) is 1. The molecule has 0 aliphatic carbocycles. The van der Waals surface area contributed by atoms with Crippen LogP contribution in [-0.2, 0) is 21.5 Å². The Bertz CT molecular complexity index is 1120. The zero-order valence-electron chi connectivity index (χ0n) is 21.8. The molecule has 1 atom stereocenters. The van der Waals surface area contributed by atoms with Gasteiger partial charge in [0, 0.05) is 40.0 Å². The van der Waals surface area contributed by atoms with Crippen LogP contribution in [0.3, 0.4) is 0 Å². The molecular formula is C23H40N6O4SSi. The van der Waals surface area contributed by atoms with Crippen LogP contribution in [0.4, 0.5) is 10.6 Å². The van der Waals surface area contributed by atoms with Crippen LogP contribution in [0, 0.1) is 5.41 Å². The predicted molar refractivity (Wildman–Crippen MR) is 142 cm³/mol. The summed E-state index contributed by atoms with van der Waals surface area (Å²) in [4.78, 5) is 21.5. The third-order valence-electron chi connectivity index (χ3n) is 5.66. The summed E-state index contributed by atoms with van der Waals surface area (Å²) in [5.41, 5.74) is 1.03. The summed E-state index contributed by atoms with van der Waals surface area (Å²) < 4.78 is 34.7. The van der Waals surface area contributed by atoms with Crippen molar-refractivity contribution in [2.24, 2.45) is 5.41 Å². The zero-order valence-corrected chi connectivity index (χ0v) is 23.6. The van der Waals surface area contributed by atoms with Gasteiger partial charge in [-0.1, -0.05) is 40.4 Å². The van der Waals surface area contributed by atoms with Gasteiger partial charge in [0.25, 0.3) is 0 Å². The van der Waals surface area contributed by atoms with Gasteiger partial charge in [-0.2, -0.15) is 4.31 Å². The van der Waals surface area contributed by atoms with Crippen molar-refractivity contribution in [2.75, 3.05) is 30.8 Å². The lowest BCUT2D eigenvalue weighted by molar-refractivity contribution is 0.0899. The maximum absolute atomic E-state index is 12.7. The second-order valence-corrected chi connectivity index (χ2v) is 19.3. The van der Waals surface area contributed by atoms with Crippen LogP contribution < -0.4 is 10.6 Å². The fourth-order valence-corrected chi connectivity index (χ4v) is 6.80. The molecule has 0 unspecified atom stereocenters. The third-order valence-corrected chi connectivity index (χ3v) is 9.71. The lowest BCUT2D eigenvalue weighted by Crippen LogP contribution is -2.51.